The second kappa shape index (κ2) is 3.27. The highest BCUT2D eigenvalue weighted by molar-refractivity contribution is 4.95. The summed E-state index contributed by atoms with van der Waals surface area (Å²) in [5.41, 5.74) is 1.11. The van der Waals surface area contributed by atoms with E-state index in [1.54, 1.807) is 0 Å². The molecule has 3 nitrogen and oxygen atoms in total. The van der Waals surface area contributed by atoms with Gasteiger partial charge in [0.25, 0.3) is 0 Å². The predicted octanol–water partition coefficient (Wildman–Crippen LogP) is 1.12. The third kappa shape index (κ3) is 1.50. The van der Waals surface area contributed by atoms with Crippen LogP contribution in [0.3, 0.4) is 0 Å². The van der Waals surface area contributed by atoms with Crippen LogP contribution in [0.4, 0.5) is 0 Å². The summed E-state index contributed by atoms with van der Waals surface area (Å²) in [6, 6.07) is 0.625. The van der Waals surface area contributed by atoms with Crippen LogP contribution in [0.25, 0.3) is 0 Å². The van der Waals surface area contributed by atoms with Gasteiger partial charge in [-0.2, -0.15) is 0 Å². The van der Waals surface area contributed by atoms with Crippen molar-refractivity contribution in [1.29, 1.82) is 0 Å². The minimum absolute atomic E-state index is 0.625. The van der Waals surface area contributed by atoms with Crippen molar-refractivity contribution >= 4 is 0 Å². The molecule has 1 unspecified atom stereocenters. The lowest BCUT2D eigenvalue weighted by atomic mass is 10.1. The number of nitrogens with zero attached hydrogens (tertiary/aromatic N) is 2. The molecule has 1 fully saturated rings. The molecule has 2 rings (SSSR count). The van der Waals surface area contributed by atoms with Gasteiger partial charge in [0, 0.05) is 18.8 Å². The first-order valence-corrected chi connectivity index (χ1v) is 4.57. The molecule has 0 aliphatic carbocycles. The van der Waals surface area contributed by atoms with Gasteiger partial charge in [0.15, 0.2) is 0 Å². The Bertz CT molecular complexity index is 248. The Morgan fingerprint density at radius 1 is 1.67 bits per heavy atom. The molecule has 1 aliphatic heterocycles. The average molecular weight is 165 g/mol. The lowest BCUT2D eigenvalue weighted by Gasteiger charge is -2.23. The minimum atomic E-state index is 0.625. The van der Waals surface area contributed by atoms with Crippen LogP contribution in [-0.2, 0) is 0 Å². The SMILES string of the molecule is Cc1cn(C2CCCNC2)cn1. The first kappa shape index (κ1) is 7.80. The van der Waals surface area contributed by atoms with Crippen LogP contribution < -0.4 is 5.32 Å². The molecule has 0 spiro atoms. The van der Waals surface area contributed by atoms with E-state index < -0.39 is 0 Å². The third-order valence-corrected chi connectivity index (χ3v) is 2.42. The van der Waals surface area contributed by atoms with Crippen molar-refractivity contribution in [3.8, 4) is 0 Å². The lowest BCUT2D eigenvalue weighted by Crippen LogP contribution is -2.31. The molecule has 0 bridgehead atoms. The van der Waals surface area contributed by atoms with Crippen molar-refractivity contribution in [3.63, 3.8) is 0 Å². The summed E-state index contributed by atoms with van der Waals surface area (Å²) in [6.07, 6.45) is 6.62. The molecule has 0 aromatic carbocycles. The molecule has 1 saturated heterocycles. The smallest absolute Gasteiger partial charge is 0.0952 e. The molecule has 1 aromatic rings. The zero-order valence-corrected chi connectivity index (χ0v) is 7.45. The number of rotatable bonds is 1. The van der Waals surface area contributed by atoms with E-state index in [4.69, 9.17) is 0 Å². The second-order valence-corrected chi connectivity index (χ2v) is 3.46. The number of aromatic nitrogens is 2. The van der Waals surface area contributed by atoms with Crippen LogP contribution in [0.1, 0.15) is 24.6 Å². The third-order valence-electron chi connectivity index (χ3n) is 2.42. The van der Waals surface area contributed by atoms with Crippen molar-refractivity contribution in [3.05, 3.63) is 18.2 Å². The maximum Gasteiger partial charge on any atom is 0.0952 e. The van der Waals surface area contributed by atoms with E-state index in [0.29, 0.717) is 6.04 Å². The van der Waals surface area contributed by atoms with Crippen LogP contribution in [0, 0.1) is 6.92 Å². The molecule has 0 saturated carbocycles. The standard InChI is InChI=1S/C9H15N3/c1-8-6-12(7-11-8)9-3-2-4-10-5-9/h6-7,9-10H,2-5H2,1H3. The average Bonchev–Trinajstić information content (AvgIpc) is 2.54. The first-order valence-electron chi connectivity index (χ1n) is 4.57. The molecule has 2 heterocycles. The van der Waals surface area contributed by atoms with Crippen LogP contribution in [-0.4, -0.2) is 22.6 Å². The van der Waals surface area contributed by atoms with Gasteiger partial charge < -0.3 is 9.88 Å². The van der Waals surface area contributed by atoms with Crippen LogP contribution in [0.5, 0.6) is 0 Å². The number of aryl methyl sites for hydroxylation is 1. The van der Waals surface area contributed by atoms with Gasteiger partial charge in [-0.05, 0) is 26.3 Å². The Morgan fingerprint density at radius 3 is 3.17 bits per heavy atom. The van der Waals surface area contributed by atoms with Crippen molar-refractivity contribution < 1.29 is 0 Å². The first-order chi connectivity index (χ1) is 5.86. The molecule has 1 aliphatic rings. The van der Waals surface area contributed by atoms with E-state index in [0.717, 1.165) is 12.2 Å². The molecule has 0 amide bonds. The Hall–Kier alpha value is -0.830. The summed E-state index contributed by atoms with van der Waals surface area (Å²) in [5, 5.41) is 3.39. The Balaban J connectivity index is 2.08. The number of hydrogen-bond acceptors (Lipinski definition) is 2. The fourth-order valence-electron chi connectivity index (χ4n) is 1.73. The van der Waals surface area contributed by atoms with Gasteiger partial charge in [0.05, 0.1) is 12.0 Å². The van der Waals surface area contributed by atoms with Gasteiger partial charge in [-0.1, -0.05) is 0 Å². The topological polar surface area (TPSA) is 29.9 Å². The van der Waals surface area contributed by atoms with Crippen LogP contribution in [0.2, 0.25) is 0 Å². The number of nitrogens with one attached hydrogen (secondary N) is 1. The van der Waals surface area contributed by atoms with E-state index >= 15 is 0 Å². The zero-order chi connectivity index (χ0) is 8.39. The lowest BCUT2D eigenvalue weighted by molar-refractivity contribution is 0.371. The maximum atomic E-state index is 4.23. The maximum absolute atomic E-state index is 4.23. The molecule has 1 aromatic heterocycles. The summed E-state index contributed by atoms with van der Waals surface area (Å²) in [7, 11) is 0. The van der Waals surface area contributed by atoms with Crippen molar-refractivity contribution in [1.82, 2.24) is 14.9 Å². The molecule has 1 atom stereocenters. The fraction of sp³-hybridized carbons (Fsp3) is 0.667. The summed E-state index contributed by atoms with van der Waals surface area (Å²) in [4.78, 5) is 4.23. The number of piperidine rings is 1. The van der Waals surface area contributed by atoms with Crippen molar-refractivity contribution in [2.24, 2.45) is 0 Å². The van der Waals surface area contributed by atoms with Crippen LogP contribution in [0.15, 0.2) is 12.5 Å². The molecule has 0 radical (unpaired) electrons. The predicted molar refractivity (Wildman–Crippen MR) is 48.1 cm³/mol. The normalized spacial score (nSPS) is 24.2. The Labute approximate surface area is 72.8 Å². The molecular formula is C9H15N3. The number of hydrogen-bond donors (Lipinski definition) is 1. The van der Waals surface area contributed by atoms with Gasteiger partial charge in [0.2, 0.25) is 0 Å². The van der Waals surface area contributed by atoms with E-state index in [9.17, 15) is 0 Å². The second-order valence-electron chi connectivity index (χ2n) is 3.46. The monoisotopic (exact) mass is 165 g/mol. The van der Waals surface area contributed by atoms with Gasteiger partial charge in [-0.3, -0.25) is 0 Å². The highest BCUT2D eigenvalue weighted by atomic mass is 15.1. The van der Waals surface area contributed by atoms with Gasteiger partial charge in [-0.25, -0.2) is 4.98 Å². The minimum Gasteiger partial charge on any atom is -0.333 e. The highest BCUT2D eigenvalue weighted by Gasteiger charge is 2.13. The van der Waals surface area contributed by atoms with E-state index in [1.165, 1.54) is 19.4 Å². The van der Waals surface area contributed by atoms with Crippen LogP contribution >= 0.6 is 0 Å². The van der Waals surface area contributed by atoms with E-state index in [-0.39, 0.29) is 0 Å². The van der Waals surface area contributed by atoms with Gasteiger partial charge in [0.1, 0.15) is 0 Å². The van der Waals surface area contributed by atoms with Gasteiger partial charge >= 0.3 is 0 Å². The van der Waals surface area contributed by atoms with E-state index in [2.05, 4.69) is 21.1 Å². The van der Waals surface area contributed by atoms with Crippen molar-refractivity contribution in [2.45, 2.75) is 25.8 Å². The summed E-state index contributed by atoms with van der Waals surface area (Å²) in [6.45, 7) is 4.30. The molecule has 3 heteroatoms. The Morgan fingerprint density at radius 2 is 2.58 bits per heavy atom. The summed E-state index contributed by atoms with van der Waals surface area (Å²) < 4.78 is 2.22. The van der Waals surface area contributed by atoms with E-state index in [1.807, 2.05) is 13.3 Å². The molecule has 12 heavy (non-hydrogen) atoms. The van der Waals surface area contributed by atoms with Gasteiger partial charge in [-0.15, -0.1) is 0 Å². The largest absolute Gasteiger partial charge is 0.333 e. The molecule has 1 N–H and O–H groups in total. The summed E-state index contributed by atoms with van der Waals surface area (Å²) >= 11 is 0. The number of imidazole rings is 1. The summed E-state index contributed by atoms with van der Waals surface area (Å²) in [5.74, 6) is 0. The molecular weight excluding hydrogens is 150 g/mol. The zero-order valence-electron chi connectivity index (χ0n) is 7.45. The highest BCUT2D eigenvalue weighted by Crippen LogP contribution is 2.15. The Kier molecular flexibility index (Phi) is 2.13. The fourth-order valence-corrected chi connectivity index (χ4v) is 1.73. The molecule has 66 valence electrons. The van der Waals surface area contributed by atoms with Crippen molar-refractivity contribution in [2.75, 3.05) is 13.1 Å². The quantitative estimate of drug-likeness (QED) is 0.675.